The molecule has 5 heteroatoms. The Hall–Kier alpha value is -2.06. The molecule has 0 aliphatic heterocycles. The van der Waals surface area contributed by atoms with Crippen molar-refractivity contribution in [2.24, 2.45) is 7.05 Å². The van der Waals surface area contributed by atoms with Crippen molar-refractivity contribution in [1.29, 1.82) is 5.26 Å². The molecule has 0 fully saturated rings. The third kappa shape index (κ3) is 2.47. The number of aromatic nitrogens is 2. The maximum atomic E-state index is 9.04. The fourth-order valence-electron chi connectivity index (χ4n) is 2.52. The Kier molecular flexibility index (Phi) is 3.96. The van der Waals surface area contributed by atoms with E-state index in [9.17, 15) is 0 Å². The van der Waals surface area contributed by atoms with E-state index >= 15 is 0 Å². The van der Waals surface area contributed by atoms with Gasteiger partial charge >= 0.3 is 0 Å². The van der Waals surface area contributed by atoms with Gasteiger partial charge in [-0.1, -0.05) is 5.16 Å². The molecule has 5 nitrogen and oxygen atoms in total. The molecule has 106 valence electrons. The molecule has 0 saturated heterocycles. The highest BCUT2D eigenvalue weighted by Gasteiger charge is 2.17. The first kappa shape index (κ1) is 14.4. The van der Waals surface area contributed by atoms with Gasteiger partial charge in [-0.25, -0.2) is 0 Å². The van der Waals surface area contributed by atoms with Crippen molar-refractivity contribution in [3.63, 3.8) is 0 Å². The molecule has 1 atom stereocenters. The maximum absolute atomic E-state index is 9.04. The molecule has 0 bridgehead atoms. The van der Waals surface area contributed by atoms with Crippen molar-refractivity contribution in [1.82, 2.24) is 15.0 Å². The Labute approximate surface area is 119 Å². The first-order valence-corrected chi connectivity index (χ1v) is 6.67. The summed E-state index contributed by atoms with van der Waals surface area (Å²) in [5.74, 6) is 0.852. The Bertz CT molecular complexity index is 641. The lowest BCUT2D eigenvalue weighted by Crippen LogP contribution is -2.19. The average molecular weight is 272 g/mol. The van der Waals surface area contributed by atoms with Crippen LogP contribution in [0.1, 0.15) is 46.9 Å². The van der Waals surface area contributed by atoms with Crippen LogP contribution in [0.25, 0.3) is 0 Å². The summed E-state index contributed by atoms with van der Waals surface area (Å²) in [7, 11) is 1.91. The van der Waals surface area contributed by atoms with E-state index in [4.69, 9.17) is 9.78 Å². The van der Waals surface area contributed by atoms with E-state index < -0.39 is 0 Å². The van der Waals surface area contributed by atoms with Crippen LogP contribution in [0.5, 0.6) is 0 Å². The summed E-state index contributed by atoms with van der Waals surface area (Å²) in [4.78, 5) is 0. The quantitative estimate of drug-likeness (QED) is 0.929. The maximum Gasteiger partial charge on any atom is 0.138 e. The second-order valence-electron chi connectivity index (χ2n) is 5.15. The van der Waals surface area contributed by atoms with Crippen molar-refractivity contribution in [2.75, 3.05) is 0 Å². The molecule has 0 radical (unpaired) electrons. The molecule has 0 spiro atoms. The van der Waals surface area contributed by atoms with Gasteiger partial charge in [0.1, 0.15) is 17.5 Å². The summed E-state index contributed by atoms with van der Waals surface area (Å²) in [6.45, 7) is 8.71. The monoisotopic (exact) mass is 272 g/mol. The van der Waals surface area contributed by atoms with Gasteiger partial charge in [0.05, 0.1) is 5.69 Å². The number of nitrogens with zero attached hydrogens (tertiary/aromatic N) is 3. The summed E-state index contributed by atoms with van der Waals surface area (Å²) < 4.78 is 7.11. The number of hydrogen-bond acceptors (Lipinski definition) is 4. The highest BCUT2D eigenvalue weighted by Crippen LogP contribution is 2.22. The molecule has 1 unspecified atom stereocenters. The van der Waals surface area contributed by atoms with Gasteiger partial charge in [0.15, 0.2) is 0 Å². The van der Waals surface area contributed by atoms with Crippen molar-refractivity contribution in [3.05, 3.63) is 40.0 Å². The minimum atomic E-state index is 0.159. The number of hydrogen-bond donors (Lipinski definition) is 1. The van der Waals surface area contributed by atoms with Crippen LogP contribution in [0.15, 0.2) is 10.6 Å². The molecule has 2 rings (SSSR count). The predicted molar refractivity (Wildman–Crippen MR) is 76.1 cm³/mol. The van der Waals surface area contributed by atoms with Crippen LogP contribution < -0.4 is 5.32 Å². The van der Waals surface area contributed by atoms with Crippen LogP contribution in [0.3, 0.4) is 0 Å². The fourth-order valence-corrected chi connectivity index (χ4v) is 2.52. The minimum Gasteiger partial charge on any atom is -0.361 e. The van der Waals surface area contributed by atoms with Crippen molar-refractivity contribution in [2.45, 2.75) is 40.3 Å². The lowest BCUT2D eigenvalue weighted by atomic mass is 10.1. The number of nitriles is 1. The molecule has 0 amide bonds. The topological polar surface area (TPSA) is 66.8 Å². The summed E-state index contributed by atoms with van der Waals surface area (Å²) >= 11 is 0. The Morgan fingerprint density at radius 2 is 2.15 bits per heavy atom. The van der Waals surface area contributed by atoms with Gasteiger partial charge in [-0.15, -0.1) is 0 Å². The molecule has 1 N–H and O–H groups in total. The number of rotatable bonds is 4. The Balaban J connectivity index is 2.12. The van der Waals surface area contributed by atoms with Crippen molar-refractivity contribution in [3.8, 4) is 6.07 Å². The first-order chi connectivity index (χ1) is 9.45. The summed E-state index contributed by atoms with van der Waals surface area (Å²) in [6, 6.07) is 4.29. The van der Waals surface area contributed by atoms with E-state index in [-0.39, 0.29) is 6.04 Å². The van der Waals surface area contributed by atoms with E-state index in [1.807, 2.05) is 38.5 Å². The lowest BCUT2D eigenvalue weighted by Gasteiger charge is -2.13. The molecule has 2 aromatic heterocycles. The summed E-state index contributed by atoms with van der Waals surface area (Å²) in [5.41, 5.74) is 4.97. The van der Waals surface area contributed by atoms with Gasteiger partial charge in [0.25, 0.3) is 0 Å². The minimum absolute atomic E-state index is 0.159. The van der Waals surface area contributed by atoms with Crippen LogP contribution >= 0.6 is 0 Å². The molecule has 0 aliphatic rings. The zero-order chi connectivity index (χ0) is 14.9. The third-order valence-corrected chi connectivity index (χ3v) is 3.87. The van der Waals surface area contributed by atoms with Crippen molar-refractivity contribution < 1.29 is 4.52 Å². The average Bonchev–Trinajstić information content (AvgIpc) is 2.89. The zero-order valence-electron chi connectivity index (χ0n) is 12.6. The molecule has 0 aliphatic carbocycles. The molecule has 0 saturated carbocycles. The van der Waals surface area contributed by atoms with Gasteiger partial charge in [-0.05, 0) is 39.3 Å². The second-order valence-corrected chi connectivity index (χ2v) is 5.15. The van der Waals surface area contributed by atoms with E-state index in [0.717, 1.165) is 28.3 Å². The zero-order valence-corrected chi connectivity index (χ0v) is 12.6. The Morgan fingerprint density at radius 1 is 1.45 bits per heavy atom. The van der Waals surface area contributed by atoms with Crippen molar-refractivity contribution >= 4 is 0 Å². The van der Waals surface area contributed by atoms with E-state index in [0.29, 0.717) is 12.2 Å². The normalized spacial score (nSPS) is 12.4. The highest BCUT2D eigenvalue weighted by atomic mass is 16.5. The molecule has 20 heavy (non-hydrogen) atoms. The van der Waals surface area contributed by atoms with E-state index in [1.165, 1.54) is 0 Å². The van der Waals surface area contributed by atoms with E-state index in [1.54, 1.807) is 0 Å². The fraction of sp³-hybridized carbons (Fsp3) is 0.467. The number of nitrogens with one attached hydrogen (secondary N) is 1. The largest absolute Gasteiger partial charge is 0.361 e. The van der Waals surface area contributed by atoms with Gasteiger partial charge in [0, 0.05) is 30.9 Å². The van der Waals surface area contributed by atoms with Crippen LogP contribution in [0, 0.1) is 32.1 Å². The van der Waals surface area contributed by atoms with Gasteiger partial charge in [-0.2, -0.15) is 5.26 Å². The summed E-state index contributed by atoms with van der Waals surface area (Å²) in [5, 5.41) is 16.5. The van der Waals surface area contributed by atoms with Gasteiger partial charge in [-0.3, -0.25) is 0 Å². The predicted octanol–water partition coefficient (Wildman–Crippen LogP) is 2.66. The van der Waals surface area contributed by atoms with Gasteiger partial charge in [0.2, 0.25) is 0 Å². The SMILES string of the molecule is Cc1noc(C)c1C(C)NCc1cc(C#N)n(C)c1C. The number of aryl methyl sites for hydroxylation is 2. The Morgan fingerprint density at radius 3 is 2.65 bits per heavy atom. The molecule has 2 heterocycles. The lowest BCUT2D eigenvalue weighted by molar-refractivity contribution is 0.390. The highest BCUT2D eigenvalue weighted by molar-refractivity contribution is 5.34. The van der Waals surface area contributed by atoms with Crippen LogP contribution in [-0.2, 0) is 13.6 Å². The summed E-state index contributed by atoms with van der Waals surface area (Å²) in [6.07, 6.45) is 0. The standard InChI is InChI=1S/C15H20N4O/c1-9(15-10(2)18-20-12(15)4)17-8-13-6-14(7-16)19(5)11(13)3/h6,9,17H,8H2,1-5H3. The molecular formula is C15H20N4O. The second kappa shape index (κ2) is 5.51. The van der Waals surface area contributed by atoms with Gasteiger partial charge < -0.3 is 14.4 Å². The molecule has 0 aromatic carbocycles. The van der Waals surface area contributed by atoms with E-state index in [2.05, 4.69) is 23.5 Å². The van der Waals surface area contributed by atoms with Crippen LogP contribution in [-0.4, -0.2) is 9.72 Å². The molecule has 2 aromatic rings. The molecular weight excluding hydrogens is 252 g/mol. The smallest absolute Gasteiger partial charge is 0.138 e. The first-order valence-electron chi connectivity index (χ1n) is 6.67. The third-order valence-electron chi connectivity index (χ3n) is 3.87. The van der Waals surface area contributed by atoms with Crippen LogP contribution in [0.4, 0.5) is 0 Å². The van der Waals surface area contributed by atoms with Crippen LogP contribution in [0.2, 0.25) is 0 Å².